The van der Waals surface area contributed by atoms with Crippen LogP contribution in [0.15, 0.2) is 35.5 Å². The number of carbonyl (C=O) groups excluding carboxylic acids is 4. The highest BCUT2D eigenvalue weighted by Crippen LogP contribution is 2.38. The number of ether oxygens (including phenoxy) is 4. The van der Waals surface area contributed by atoms with Crippen molar-refractivity contribution in [1.29, 1.82) is 0 Å². The molecular weight excluding hydrogens is 456 g/mol. The summed E-state index contributed by atoms with van der Waals surface area (Å²) < 4.78 is 21.4. The van der Waals surface area contributed by atoms with E-state index >= 15 is 0 Å². The molecule has 6 atom stereocenters. The molecule has 9 nitrogen and oxygen atoms in total. The fraction of sp³-hybridized carbons (Fsp3) is 0.565. The molecule has 2 aliphatic rings. The maximum Gasteiger partial charge on any atom is 0.339 e. The highest BCUT2D eigenvalue weighted by atomic mass is 35.5. The van der Waals surface area contributed by atoms with Crippen LogP contribution < -0.4 is 0 Å². The van der Waals surface area contributed by atoms with Crippen molar-refractivity contribution in [3.63, 3.8) is 0 Å². The number of alkyl halides is 1. The van der Waals surface area contributed by atoms with E-state index < -0.39 is 59.1 Å². The Balaban J connectivity index is 2.72. The molecule has 0 unspecified atom stereocenters. The van der Waals surface area contributed by atoms with Crippen LogP contribution in [0.1, 0.15) is 40.5 Å². The number of aliphatic hydroxyl groups is 1. The molecule has 0 amide bonds. The first kappa shape index (κ1) is 26.6. The molecule has 1 fully saturated rings. The van der Waals surface area contributed by atoms with Crippen LogP contribution in [0, 0.1) is 5.92 Å². The van der Waals surface area contributed by atoms with Gasteiger partial charge in [-0.05, 0) is 39.7 Å². The zero-order valence-electron chi connectivity index (χ0n) is 19.3. The lowest BCUT2D eigenvalue weighted by molar-refractivity contribution is -0.183. The van der Waals surface area contributed by atoms with Gasteiger partial charge in [0.05, 0.1) is 24.0 Å². The van der Waals surface area contributed by atoms with Crippen LogP contribution in [-0.4, -0.2) is 65.4 Å². The van der Waals surface area contributed by atoms with Gasteiger partial charge in [-0.3, -0.25) is 4.79 Å². The molecule has 1 N–H and O–H groups in total. The lowest BCUT2D eigenvalue weighted by Crippen LogP contribution is -2.51. The quantitative estimate of drug-likeness (QED) is 0.205. The van der Waals surface area contributed by atoms with E-state index in [9.17, 15) is 24.3 Å². The molecule has 0 saturated carbocycles. The van der Waals surface area contributed by atoms with Gasteiger partial charge >= 0.3 is 23.9 Å². The summed E-state index contributed by atoms with van der Waals surface area (Å²) >= 11 is 5.96. The third-order valence-corrected chi connectivity index (χ3v) is 6.14. The van der Waals surface area contributed by atoms with Crippen LogP contribution in [-0.2, 0) is 38.1 Å². The molecule has 1 aliphatic carbocycles. The largest absolute Gasteiger partial charge is 0.466 e. The van der Waals surface area contributed by atoms with E-state index in [-0.39, 0.29) is 11.1 Å². The van der Waals surface area contributed by atoms with Gasteiger partial charge in [-0.1, -0.05) is 18.2 Å². The Kier molecular flexibility index (Phi) is 8.48. The number of halogens is 1. The fourth-order valence-corrected chi connectivity index (χ4v) is 3.69. The summed E-state index contributed by atoms with van der Waals surface area (Å²) in [6.45, 7) is 9.28. The number of hydrogen-bond acceptors (Lipinski definition) is 9. The third-order valence-electron chi connectivity index (χ3n) is 5.72. The summed E-state index contributed by atoms with van der Waals surface area (Å²) in [5.74, 6) is -4.47. The molecule has 1 saturated heterocycles. The van der Waals surface area contributed by atoms with Crippen molar-refractivity contribution in [3.05, 3.63) is 35.5 Å². The number of hydrogen-bond donors (Lipinski definition) is 1. The van der Waals surface area contributed by atoms with Crippen molar-refractivity contribution < 1.29 is 43.2 Å². The Morgan fingerprint density at radius 1 is 1.33 bits per heavy atom. The monoisotopic (exact) mass is 484 g/mol. The number of esters is 4. The molecule has 33 heavy (non-hydrogen) atoms. The van der Waals surface area contributed by atoms with Crippen molar-refractivity contribution in [3.8, 4) is 0 Å². The van der Waals surface area contributed by atoms with Crippen molar-refractivity contribution in [2.24, 2.45) is 5.92 Å². The van der Waals surface area contributed by atoms with Crippen LogP contribution in [0.25, 0.3) is 0 Å². The van der Waals surface area contributed by atoms with E-state index in [0.717, 1.165) is 26.5 Å². The molecule has 0 aromatic heterocycles. The van der Waals surface area contributed by atoms with Crippen LogP contribution in [0.4, 0.5) is 0 Å². The molecule has 1 heterocycles. The van der Waals surface area contributed by atoms with E-state index in [2.05, 4.69) is 6.58 Å². The van der Waals surface area contributed by atoms with E-state index in [1.807, 2.05) is 6.92 Å². The molecule has 182 valence electrons. The first-order chi connectivity index (χ1) is 15.3. The Bertz CT molecular complexity index is 900. The molecule has 2 rings (SSSR count). The second-order valence-electron chi connectivity index (χ2n) is 8.29. The average Bonchev–Trinajstić information content (AvgIpc) is 2.99. The lowest BCUT2D eigenvalue weighted by Gasteiger charge is -2.35. The Morgan fingerprint density at radius 2 is 1.97 bits per heavy atom. The van der Waals surface area contributed by atoms with Crippen molar-refractivity contribution in [2.75, 3.05) is 7.11 Å². The first-order valence-electron chi connectivity index (χ1n) is 10.4. The smallest absolute Gasteiger partial charge is 0.339 e. The van der Waals surface area contributed by atoms with Gasteiger partial charge in [-0.15, -0.1) is 11.6 Å². The highest BCUT2D eigenvalue weighted by Gasteiger charge is 2.52. The molecular formula is C23H29ClO9. The number of carbonyl (C=O) groups is 4. The maximum atomic E-state index is 12.9. The normalized spacial score (nSPS) is 31.4. The summed E-state index contributed by atoms with van der Waals surface area (Å²) in [5, 5.41) is 9.51. The summed E-state index contributed by atoms with van der Waals surface area (Å²) in [7, 11) is 1.16. The zero-order valence-corrected chi connectivity index (χ0v) is 20.0. The summed E-state index contributed by atoms with van der Waals surface area (Å²) in [4.78, 5) is 50.0. The second kappa shape index (κ2) is 10.5. The Labute approximate surface area is 197 Å². The standard InChI is InChI=1S/C23H29ClO9/c1-11-8-7-9-15(21(27)30-6)18(31-14(4)25)19(33-22(28)23(5,29)13(3)24)17-12(2)20(26)32-16(17)10-11/h9-10,13,16-19,29H,2,7-8H2,1,3-6H3/b11-10+,15-9-/t13-,16+,17-,18-,19-,23-/m0/s1. The summed E-state index contributed by atoms with van der Waals surface area (Å²) in [6.07, 6.45) is 0.283. The highest BCUT2D eigenvalue weighted by molar-refractivity contribution is 6.22. The predicted molar refractivity (Wildman–Crippen MR) is 117 cm³/mol. The minimum absolute atomic E-state index is 0.0395. The topological polar surface area (TPSA) is 125 Å². The van der Waals surface area contributed by atoms with Gasteiger partial charge in [0, 0.05) is 12.5 Å². The van der Waals surface area contributed by atoms with E-state index in [1.54, 1.807) is 6.08 Å². The predicted octanol–water partition coefficient (Wildman–Crippen LogP) is 2.15. The summed E-state index contributed by atoms with van der Waals surface area (Å²) in [5.41, 5.74) is -1.39. The molecule has 1 aliphatic heterocycles. The average molecular weight is 485 g/mol. The number of methoxy groups -OCH3 is 1. The van der Waals surface area contributed by atoms with Crippen molar-refractivity contribution in [1.82, 2.24) is 0 Å². The third kappa shape index (κ3) is 5.83. The van der Waals surface area contributed by atoms with Gasteiger partial charge in [-0.2, -0.15) is 0 Å². The van der Waals surface area contributed by atoms with Crippen molar-refractivity contribution >= 4 is 35.5 Å². The zero-order chi connectivity index (χ0) is 25.1. The molecule has 0 spiro atoms. The Hall–Kier alpha value is -2.65. The minimum atomic E-state index is -2.13. The number of fused-ring (bicyclic) bond motifs is 1. The first-order valence-corrected chi connectivity index (χ1v) is 10.8. The van der Waals surface area contributed by atoms with Crippen LogP contribution in [0.2, 0.25) is 0 Å². The van der Waals surface area contributed by atoms with Crippen molar-refractivity contribution in [2.45, 2.75) is 69.8 Å². The molecule has 10 heteroatoms. The summed E-state index contributed by atoms with van der Waals surface area (Å²) in [6, 6.07) is 0. The maximum absolute atomic E-state index is 12.9. The Morgan fingerprint density at radius 3 is 2.52 bits per heavy atom. The van der Waals surface area contributed by atoms with Gasteiger partial charge < -0.3 is 24.1 Å². The molecule has 0 aromatic rings. The second-order valence-corrected chi connectivity index (χ2v) is 8.94. The van der Waals surface area contributed by atoms with Crippen LogP contribution in [0.5, 0.6) is 0 Å². The van der Waals surface area contributed by atoms with E-state index in [0.29, 0.717) is 12.8 Å². The SMILES string of the molecule is C=C1C(=O)O[C@@H]2/C=C(\C)CC/C=C(\C(=O)OC)[C@H](OC(C)=O)[C@@H](OC(=O)[C@@](C)(O)[C@H](C)Cl)[C@@H]12. The van der Waals surface area contributed by atoms with E-state index in [1.165, 1.54) is 13.0 Å². The van der Waals surface area contributed by atoms with Gasteiger partial charge in [0.2, 0.25) is 0 Å². The van der Waals surface area contributed by atoms with Crippen LogP contribution >= 0.6 is 11.6 Å². The molecule has 0 bridgehead atoms. The number of allylic oxidation sites excluding steroid dienone is 2. The molecule has 0 aromatic carbocycles. The van der Waals surface area contributed by atoms with Crippen LogP contribution in [0.3, 0.4) is 0 Å². The van der Waals surface area contributed by atoms with Gasteiger partial charge in [0.1, 0.15) is 6.10 Å². The van der Waals surface area contributed by atoms with Gasteiger partial charge in [0.15, 0.2) is 17.8 Å². The van der Waals surface area contributed by atoms with Gasteiger partial charge in [0.25, 0.3) is 0 Å². The van der Waals surface area contributed by atoms with Gasteiger partial charge in [-0.25, -0.2) is 14.4 Å². The number of rotatable bonds is 5. The lowest BCUT2D eigenvalue weighted by atomic mass is 9.83. The molecule has 0 radical (unpaired) electrons. The fourth-order valence-electron chi connectivity index (χ4n) is 3.60. The minimum Gasteiger partial charge on any atom is -0.466 e. The van der Waals surface area contributed by atoms with E-state index in [4.69, 9.17) is 30.5 Å².